The zero-order chi connectivity index (χ0) is 14.1. The van der Waals surface area contributed by atoms with E-state index >= 15 is 0 Å². The molecule has 0 atom stereocenters. The average molecular weight is 287 g/mol. The molecule has 2 aromatic heterocycles. The second kappa shape index (κ2) is 4.89. The first-order valence-corrected chi connectivity index (χ1v) is 6.55. The van der Waals surface area contributed by atoms with Gasteiger partial charge in [-0.3, -0.25) is 10.1 Å². The van der Waals surface area contributed by atoms with Gasteiger partial charge in [0, 0.05) is 18.5 Å². The second-order valence-electron chi connectivity index (χ2n) is 4.09. The lowest BCUT2D eigenvalue weighted by atomic mass is 10.2. The van der Waals surface area contributed by atoms with Crippen molar-refractivity contribution in [2.45, 2.75) is 17.0 Å². The predicted octanol–water partition coefficient (Wildman–Crippen LogP) is 2.49. The Bertz CT molecular complexity index is 768. The third-order valence-electron chi connectivity index (χ3n) is 2.61. The zero-order valence-electron chi connectivity index (χ0n) is 10.4. The summed E-state index contributed by atoms with van der Waals surface area (Å²) in [5, 5.41) is 15.7. The maximum absolute atomic E-state index is 11.0. The molecular weight excluding hydrogens is 278 g/mol. The Kier molecular flexibility index (Phi) is 3.07. The van der Waals surface area contributed by atoms with Crippen molar-refractivity contribution in [1.82, 2.24) is 19.6 Å². The summed E-state index contributed by atoms with van der Waals surface area (Å²) in [7, 11) is 0. The molecule has 0 aliphatic rings. The van der Waals surface area contributed by atoms with Crippen molar-refractivity contribution in [3.05, 3.63) is 52.3 Å². The molecule has 0 radical (unpaired) electrons. The van der Waals surface area contributed by atoms with Gasteiger partial charge in [0.15, 0.2) is 0 Å². The number of nitro groups is 1. The molecule has 0 aliphatic carbocycles. The number of nitrogens with zero attached hydrogens (tertiary/aromatic N) is 5. The molecule has 3 aromatic rings. The van der Waals surface area contributed by atoms with Gasteiger partial charge in [0.1, 0.15) is 0 Å². The highest BCUT2D eigenvalue weighted by Gasteiger charge is 2.17. The van der Waals surface area contributed by atoms with E-state index in [4.69, 9.17) is 0 Å². The Morgan fingerprint density at radius 1 is 1.40 bits per heavy atom. The molecule has 0 aliphatic heterocycles. The van der Waals surface area contributed by atoms with E-state index in [-0.39, 0.29) is 5.69 Å². The summed E-state index contributed by atoms with van der Waals surface area (Å²) in [6.45, 7) is 1.88. The molecule has 8 heteroatoms. The quantitative estimate of drug-likeness (QED) is 0.543. The summed E-state index contributed by atoms with van der Waals surface area (Å²) in [5.41, 5.74) is 0.993. The maximum atomic E-state index is 11.0. The van der Waals surface area contributed by atoms with Crippen LogP contribution in [0, 0.1) is 17.0 Å². The number of benzene rings is 1. The zero-order valence-corrected chi connectivity index (χ0v) is 11.2. The lowest BCUT2D eigenvalue weighted by Gasteiger charge is -2.00. The highest BCUT2D eigenvalue weighted by molar-refractivity contribution is 7.99. The minimum atomic E-state index is -0.407. The number of aryl methyl sites for hydroxylation is 1. The van der Waals surface area contributed by atoms with E-state index in [0.29, 0.717) is 15.8 Å². The summed E-state index contributed by atoms with van der Waals surface area (Å²) in [6.07, 6.45) is 3.34. The number of nitro benzene ring substituents is 1. The Hall–Kier alpha value is -2.48. The molecule has 0 fully saturated rings. The Morgan fingerprint density at radius 3 is 3.00 bits per heavy atom. The van der Waals surface area contributed by atoms with Crippen molar-refractivity contribution >= 4 is 23.2 Å². The van der Waals surface area contributed by atoms with Crippen LogP contribution >= 0.6 is 11.8 Å². The number of aromatic nitrogens is 4. The SMILES string of the molecule is Cc1ccc([N+](=O)[O-])c(Sc2nc3ncccn3n2)c1. The van der Waals surface area contributed by atoms with Gasteiger partial charge in [-0.1, -0.05) is 6.07 Å². The second-order valence-corrected chi connectivity index (χ2v) is 5.10. The predicted molar refractivity (Wildman–Crippen MR) is 72.7 cm³/mol. The largest absolute Gasteiger partial charge is 0.283 e. The average Bonchev–Trinajstić information content (AvgIpc) is 2.80. The molecule has 0 bridgehead atoms. The highest BCUT2D eigenvalue weighted by Crippen LogP contribution is 2.33. The van der Waals surface area contributed by atoms with Gasteiger partial charge in [0.05, 0.1) is 9.82 Å². The molecule has 0 amide bonds. The van der Waals surface area contributed by atoms with Crippen molar-refractivity contribution in [1.29, 1.82) is 0 Å². The Labute approximate surface area is 117 Å². The molecule has 100 valence electrons. The highest BCUT2D eigenvalue weighted by atomic mass is 32.2. The fourth-order valence-electron chi connectivity index (χ4n) is 1.71. The summed E-state index contributed by atoms with van der Waals surface area (Å²) in [5.74, 6) is 0.463. The van der Waals surface area contributed by atoms with E-state index in [1.54, 1.807) is 30.6 Å². The lowest BCUT2D eigenvalue weighted by molar-refractivity contribution is -0.387. The van der Waals surface area contributed by atoms with Crippen LogP contribution in [-0.4, -0.2) is 24.5 Å². The third-order valence-corrected chi connectivity index (χ3v) is 3.51. The molecule has 0 saturated carbocycles. The van der Waals surface area contributed by atoms with Gasteiger partial charge >= 0.3 is 0 Å². The number of rotatable bonds is 3. The van der Waals surface area contributed by atoms with Crippen LogP contribution in [0.25, 0.3) is 5.78 Å². The first-order valence-electron chi connectivity index (χ1n) is 5.74. The molecule has 0 unspecified atom stereocenters. The van der Waals surface area contributed by atoms with Crippen LogP contribution in [-0.2, 0) is 0 Å². The summed E-state index contributed by atoms with van der Waals surface area (Å²) in [6, 6.07) is 6.69. The van der Waals surface area contributed by atoms with Crippen molar-refractivity contribution in [3.63, 3.8) is 0 Å². The van der Waals surface area contributed by atoms with Crippen molar-refractivity contribution in [3.8, 4) is 0 Å². The smallest absolute Gasteiger partial charge is 0.258 e. The van der Waals surface area contributed by atoms with Crippen LogP contribution < -0.4 is 0 Å². The minimum absolute atomic E-state index is 0.0485. The third kappa shape index (κ3) is 2.32. The van der Waals surface area contributed by atoms with E-state index < -0.39 is 4.92 Å². The number of fused-ring (bicyclic) bond motifs is 1. The normalized spacial score (nSPS) is 10.8. The molecule has 7 nitrogen and oxygen atoms in total. The van der Waals surface area contributed by atoms with Crippen LogP contribution in [0.4, 0.5) is 5.69 Å². The van der Waals surface area contributed by atoms with E-state index in [2.05, 4.69) is 15.1 Å². The molecular formula is C12H9N5O2S. The van der Waals surface area contributed by atoms with Crippen LogP contribution in [0.5, 0.6) is 0 Å². The fourth-order valence-corrected chi connectivity index (χ4v) is 2.65. The Balaban J connectivity index is 2.01. The summed E-state index contributed by atoms with van der Waals surface area (Å²) < 4.78 is 1.53. The van der Waals surface area contributed by atoms with E-state index in [0.717, 1.165) is 17.3 Å². The molecule has 20 heavy (non-hydrogen) atoms. The standard InChI is InChI=1S/C12H9N5O2S/c1-8-3-4-9(17(18)19)10(7-8)20-12-14-11-13-5-2-6-16(11)15-12/h2-7H,1H3. The maximum Gasteiger partial charge on any atom is 0.283 e. The van der Waals surface area contributed by atoms with Gasteiger partial charge in [-0.05, 0) is 36.4 Å². The van der Waals surface area contributed by atoms with Gasteiger partial charge < -0.3 is 0 Å². The molecule has 3 rings (SSSR count). The van der Waals surface area contributed by atoms with Crippen LogP contribution in [0.15, 0.2) is 46.7 Å². The van der Waals surface area contributed by atoms with E-state index in [1.807, 2.05) is 6.92 Å². The van der Waals surface area contributed by atoms with Crippen molar-refractivity contribution in [2.24, 2.45) is 0 Å². The molecule has 1 aromatic carbocycles. The van der Waals surface area contributed by atoms with Crippen molar-refractivity contribution in [2.75, 3.05) is 0 Å². The molecule has 0 spiro atoms. The van der Waals surface area contributed by atoms with Gasteiger partial charge in [-0.25, -0.2) is 9.50 Å². The Morgan fingerprint density at radius 2 is 2.25 bits per heavy atom. The van der Waals surface area contributed by atoms with E-state index in [1.165, 1.54) is 10.6 Å². The van der Waals surface area contributed by atoms with Crippen LogP contribution in [0.3, 0.4) is 0 Å². The fraction of sp³-hybridized carbons (Fsp3) is 0.0833. The van der Waals surface area contributed by atoms with Gasteiger partial charge in [0.25, 0.3) is 11.5 Å². The molecule has 0 saturated heterocycles. The summed E-state index contributed by atoms with van der Waals surface area (Å²) >= 11 is 1.16. The van der Waals surface area contributed by atoms with Gasteiger partial charge in [-0.2, -0.15) is 4.98 Å². The van der Waals surface area contributed by atoms with Crippen LogP contribution in [0.1, 0.15) is 5.56 Å². The lowest BCUT2D eigenvalue weighted by Crippen LogP contribution is -1.92. The van der Waals surface area contributed by atoms with Crippen molar-refractivity contribution < 1.29 is 4.92 Å². The van der Waals surface area contributed by atoms with Crippen LogP contribution in [0.2, 0.25) is 0 Å². The topological polar surface area (TPSA) is 86.2 Å². The van der Waals surface area contributed by atoms with E-state index in [9.17, 15) is 10.1 Å². The monoisotopic (exact) mass is 287 g/mol. The molecule has 0 N–H and O–H groups in total. The first-order chi connectivity index (χ1) is 9.63. The van der Waals surface area contributed by atoms with Gasteiger partial charge in [-0.15, -0.1) is 5.10 Å². The first kappa shape index (κ1) is 12.5. The number of hydrogen-bond acceptors (Lipinski definition) is 6. The minimum Gasteiger partial charge on any atom is -0.258 e. The summed E-state index contributed by atoms with van der Waals surface area (Å²) in [4.78, 5) is 19.4. The molecule has 2 heterocycles. The van der Waals surface area contributed by atoms with Gasteiger partial charge in [0.2, 0.25) is 5.16 Å². The number of hydrogen-bond donors (Lipinski definition) is 0.